The molecule has 0 saturated carbocycles. The number of benzene rings is 1. The van der Waals surface area contributed by atoms with E-state index in [0.717, 1.165) is 12.8 Å². The van der Waals surface area contributed by atoms with E-state index in [1.807, 2.05) is 6.42 Å². The van der Waals surface area contributed by atoms with Crippen molar-refractivity contribution in [2.24, 2.45) is 0 Å². The molecule has 81 valence electrons. The molecular weight excluding hydrogens is 231 g/mol. The van der Waals surface area contributed by atoms with E-state index in [4.69, 9.17) is 23.2 Å². The molecule has 1 rings (SSSR count). The second-order valence-electron chi connectivity index (χ2n) is 3.33. The fourth-order valence-electron chi connectivity index (χ4n) is 1.26. The Labute approximate surface area is 100 Å². The zero-order chi connectivity index (χ0) is 11.3. The van der Waals surface area contributed by atoms with Crippen LogP contribution < -0.4 is 0 Å². The van der Waals surface area contributed by atoms with Crippen molar-refractivity contribution in [3.63, 3.8) is 0 Å². The van der Waals surface area contributed by atoms with Crippen molar-refractivity contribution >= 4 is 29.0 Å². The van der Waals surface area contributed by atoms with Gasteiger partial charge in [-0.1, -0.05) is 36.5 Å². The fraction of sp³-hybridized carbons (Fsp3) is 0.333. The summed E-state index contributed by atoms with van der Waals surface area (Å²) in [5.74, 6) is 0.0464. The first-order chi connectivity index (χ1) is 7.15. The molecule has 0 saturated heterocycles. The highest BCUT2D eigenvalue weighted by Gasteiger charge is 2.09. The summed E-state index contributed by atoms with van der Waals surface area (Å²) in [6.07, 6.45) is 4.43. The van der Waals surface area contributed by atoms with Gasteiger partial charge in [-0.3, -0.25) is 4.79 Å². The van der Waals surface area contributed by atoms with Gasteiger partial charge in [-0.05, 0) is 31.0 Å². The second-order valence-corrected chi connectivity index (χ2v) is 4.17. The van der Waals surface area contributed by atoms with Crippen LogP contribution in [0, 0.1) is 6.42 Å². The molecule has 0 amide bonds. The Morgan fingerprint density at radius 2 is 2.13 bits per heavy atom. The van der Waals surface area contributed by atoms with Gasteiger partial charge in [0.25, 0.3) is 0 Å². The van der Waals surface area contributed by atoms with Crippen LogP contribution in [0.15, 0.2) is 18.2 Å². The molecule has 0 N–H and O–H groups in total. The van der Waals surface area contributed by atoms with Gasteiger partial charge in [0, 0.05) is 17.0 Å². The summed E-state index contributed by atoms with van der Waals surface area (Å²) < 4.78 is 0. The maximum absolute atomic E-state index is 11.7. The SMILES string of the molecule is CCC[CH]CC(=O)c1ccc(Cl)cc1Cl. The molecule has 0 aromatic heterocycles. The average molecular weight is 244 g/mol. The van der Waals surface area contributed by atoms with Crippen molar-refractivity contribution < 1.29 is 4.79 Å². The lowest BCUT2D eigenvalue weighted by molar-refractivity contribution is 0.0991. The van der Waals surface area contributed by atoms with Crippen LogP contribution in [0.2, 0.25) is 10.0 Å². The highest BCUT2D eigenvalue weighted by atomic mass is 35.5. The van der Waals surface area contributed by atoms with Crippen molar-refractivity contribution in [1.82, 2.24) is 0 Å². The van der Waals surface area contributed by atoms with Gasteiger partial charge in [-0.25, -0.2) is 0 Å². The van der Waals surface area contributed by atoms with Crippen LogP contribution in [-0.4, -0.2) is 5.78 Å². The summed E-state index contributed by atoms with van der Waals surface area (Å²) in [5, 5.41) is 0.978. The van der Waals surface area contributed by atoms with Crippen LogP contribution in [0.3, 0.4) is 0 Å². The number of Topliss-reactive ketones (excluding diaryl/α,β-unsaturated/α-hetero) is 1. The number of ketones is 1. The third kappa shape index (κ3) is 3.84. The highest BCUT2D eigenvalue weighted by molar-refractivity contribution is 6.36. The predicted octanol–water partition coefficient (Wildman–Crippen LogP) is 4.57. The van der Waals surface area contributed by atoms with Gasteiger partial charge in [0.05, 0.1) is 5.02 Å². The van der Waals surface area contributed by atoms with E-state index in [0.29, 0.717) is 22.0 Å². The third-order valence-corrected chi connectivity index (χ3v) is 2.60. The van der Waals surface area contributed by atoms with E-state index < -0.39 is 0 Å². The molecule has 15 heavy (non-hydrogen) atoms. The molecule has 0 fully saturated rings. The number of carbonyl (C=O) groups excluding carboxylic acids is 1. The summed E-state index contributed by atoms with van der Waals surface area (Å²) in [6.45, 7) is 2.08. The minimum absolute atomic E-state index is 0.0464. The molecule has 0 aliphatic rings. The second kappa shape index (κ2) is 6.14. The Bertz CT molecular complexity index is 347. The van der Waals surface area contributed by atoms with Gasteiger partial charge in [0.1, 0.15) is 0 Å². The Hall–Kier alpha value is -0.530. The quantitative estimate of drug-likeness (QED) is 0.547. The van der Waals surface area contributed by atoms with E-state index in [9.17, 15) is 4.79 Å². The minimum atomic E-state index is 0.0464. The Balaban J connectivity index is 2.65. The van der Waals surface area contributed by atoms with Gasteiger partial charge < -0.3 is 0 Å². The van der Waals surface area contributed by atoms with Crippen molar-refractivity contribution in [2.75, 3.05) is 0 Å². The van der Waals surface area contributed by atoms with Gasteiger partial charge in [-0.15, -0.1) is 0 Å². The summed E-state index contributed by atoms with van der Waals surface area (Å²) in [4.78, 5) is 11.7. The summed E-state index contributed by atoms with van der Waals surface area (Å²) in [6, 6.07) is 4.95. The molecular formula is C12H13Cl2O. The van der Waals surface area contributed by atoms with Gasteiger partial charge in [-0.2, -0.15) is 0 Å². The number of hydrogen-bond donors (Lipinski definition) is 0. The fourth-order valence-corrected chi connectivity index (χ4v) is 1.78. The molecule has 1 radical (unpaired) electrons. The van der Waals surface area contributed by atoms with Crippen LogP contribution in [-0.2, 0) is 0 Å². The van der Waals surface area contributed by atoms with Crippen LogP contribution in [0.1, 0.15) is 36.5 Å². The number of unbranched alkanes of at least 4 members (excludes halogenated alkanes) is 2. The molecule has 3 heteroatoms. The van der Waals surface area contributed by atoms with Crippen molar-refractivity contribution in [3.05, 3.63) is 40.2 Å². The van der Waals surface area contributed by atoms with Crippen LogP contribution >= 0.6 is 23.2 Å². The average Bonchev–Trinajstić information content (AvgIpc) is 2.17. The minimum Gasteiger partial charge on any atom is -0.294 e. The van der Waals surface area contributed by atoms with E-state index in [1.54, 1.807) is 18.2 Å². The lowest BCUT2D eigenvalue weighted by atomic mass is 10.0. The zero-order valence-corrected chi connectivity index (χ0v) is 10.1. The standard InChI is InChI=1S/C12H13Cl2O/c1-2-3-4-5-12(15)10-7-6-9(13)8-11(10)14/h4,6-8H,2-3,5H2,1H3. The largest absolute Gasteiger partial charge is 0.294 e. The van der Waals surface area contributed by atoms with Crippen LogP contribution in [0.5, 0.6) is 0 Å². The topological polar surface area (TPSA) is 17.1 Å². The van der Waals surface area contributed by atoms with Gasteiger partial charge in [0.2, 0.25) is 0 Å². The number of hydrogen-bond acceptors (Lipinski definition) is 1. The molecule has 1 aromatic rings. The first kappa shape index (κ1) is 12.5. The number of rotatable bonds is 5. The molecule has 0 spiro atoms. The number of halogens is 2. The Morgan fingerprint density at radius 3 is 2.73 bits per heavy atom. The lowest BCUT2D eigenvalue weighted by Crippen LogP contribution is -2.00. The Morgan fingerprint density at radius 1 is 1.40 bits per heavy atom. The first-order valence-electron chi connectivity index (χ1n) is 4.95. The smallest absolute Gasteiger partial charge is 0.164 e. The summed E-state index contributed by atoms with van der Waals surface area (Å²) >= 11 is 11.7. The van der Waals surface area contributed by atoms with Gasteiger partial charge in [0.15, 0.2) is 5.78 Å². The van der Waals surface area contributed by atoms with E-state index in [1.165, 1.54) is 0 Å². The van der Waals surface area contributed by atoms with Crippen LogP contribution in [0.4, 0.5) is 0 Å². The molecule has 0 aliphatic carbocycles. The normalized spacial score (nSPS) is 10.3. The summed E-state index contributed by atoms with van der Waals surface area (Å²) in [5.41, 5.74) is 0.549. The van der Waals surface area contributed by atoms with E-state index in [-0.39, 0.29) is 5.78 Å². The number of carbonyl (C=O) groups is 1. The first-order valence-corrected chi connectivity index (χ1v) is 5.70. The molecule has 0 heterocycles. The molecule has 0 bridgehead atoms. The maximum Gasteiger partial charge on any atom is 0.164 e. The molecule has 0 atom stereocenters. The van der Waals surface area contributed by atoms with Crippen LogP contribution in [0.25, 0.3) is 0 Å². The predicted molar refractivity (Wildman–Crippen MR) is 64.6 cm³/mol. The third-order valence-electron chi connectivity index (χ3n) is 2.05. The van der Waals surface area contributed by atoms with E-state index >= 15 is 0 Å². The van der Waals surface area contributed by atoms with E-state index in [2.05, 4.69) is 6.92 Å². The lowest BCUT2D eigenvalue weighted by Gasteiger charge is -2.03. The highest BCUT2D eigenvalue weighted by Crippen LogP contribution is 2.22. The zero-order valence-electron chi connectivity index (χ0n) is 8.59. The molecule has 1 nitrogen and oxygen atoms in total. The van der Waals surface area contributed by atoms with Crippen molar-refractivity contribution in [1.29, 1.82) is 0 Å². The van der Waals surface area contributed by atoms with Crippen molar-refractivity contribution in [3.8, 4) is 0 Å². The van der Waals surface area contributed by atoms with Crippen molar-refractivity contribution in [2.45, 2.75) is 26.2 Å². The molecule has 0 unspecified atom stereocenters. The maximum atomic E-state index is 11.7. The molecule has 1 aromatic carbocycles. The monoisotopic (exact) mass is 243 g/mol. The molecule has 0 aliphatic heterocycles. The summed E-state index contributed by atoms with van der Waals surface area (Å²) in [7, 11) is 0. The van der Waals surface area contributed by atoms with Gasteiger partial charge >= 0.3 is 0 Å². The Kier molecular flexibility index (Phi) is 5.13.